The highest BCUT2D eigenvalue weighted by Gasteiger charge is 2.76. The van der Waals surface area contributed by atoms with Gasteiger partial charge in [0.2, 0.25) is 0 Å². The van der Waals surface area contributed by atoms with Crippen LogP contribution in [0, 0.1) is 23.7 Å². The zero-order valence-electron chi connectivity index (χ0n) is 14.4. The summed E-state index contributed by atoms with van der Waals surface area (Å²) in [7, 11) is 0. The van der Waals surface area contributed by atoms with Gasteiger partial charge in [0.15, 0.2) is 0 Å². The van der Waals surface area contributed by atoms with E-state index in [-0.39, 0.29) is 0 Å². The Kier molecular flexibility index (Phi) is 3.24. The summed E-state index contributed by atoms with van der Waals surface area (Å²) in [5, 5.41) is 0. The van der Waals surface area contributed by atoms with Gasteiger partial charge in [0, 0.05) is 19.3 Å². The lowest BCUT2D eigenvalue weighted by Crippen LogP contribution is -2.77. The van der Waals surface area contributed by atoms with E-state index in [2.05, 4.69) is 84.2 Å². The van der Waals surface area contributed by atoms with Gasteiger partial charge in [-0.2, -0.15) is 0 Å². The second-order valence-electron chi connectivity index (χ2n) is 8.67. The van der Waals surface area contributed by atoms with Gasteiger partial charge in [0.25, 0.3) is 0 Å². The summed E-state index contributed by atoms with van der Waals surface area (Å²) in [6.45, 7) is 0. The van der Waals surface area contributed by atoms with Gasteiger partial charge >= 0.3 is 0 Å². The molecule has 6 bridgehead atoms. The van der Waals surface area contributed by atoms with Crippen LogP contribution in [0.3, 0.4) is 0 Å². The first-order valence-electron chi connectivity index (χ1n) is 9.77. The third kappa shape index (κ3) is 2.04. The maximum absolute atomic E-state index is 2.33. The Morgan fingerprint density at radius 3 is 1.68 bits per heavy atom. The fraction of sp³-hybridized carbons (Fsp3) is 0.478. The molecule has 6 aliphatic rings. The summed E-state index contributed by atoms with van der Waals surface area (Å²) < 4.78 is 1.08. The molecule has 6 saturated carbocycles. The molecule has 2 aromatic rings. The second-order valence-corrected chi connectivity index (χ2v) is 11.5. The molecule has 0 aromatic heterocycles. The van der Waals surface area contributed by atoms with Gasteiger partial charge in [0.1, 0.15) is 0 Å². The molecule has 0 nitrogen and oxygen atoms in total. The molecule has 2 heteroatoms. The van der Waals surface area contributed by atoms with Crippen LogP contribution in [0.1, 0.15) is 32.1 Å². The third-order valence-corrected chi connectivity index (χ3v) is 10.9. The summed E-state index contributed by atoms with van der Waals surface area (Å²) >= 11 is 4.49. The van der Waals surface area contributed by atoms with E-state index >= 15 is 0 Å². The normalized spacial score (nSPS) is 43.0. The molecule has 0 N–H and O–H groups in total. The van der Waals surface area contributed by atoms with E-state index in [1.54, 1.807) is 0 Å². The van der Waals surface area contributed by atoms with Crippen LogP contribution in [0.5, 0.6) is 0 Å². The van der Waals surface area contributed by atoms with E-state index in [1.165, 1.54) is 41.9 Å². The summed E-state index contributed by atoms with van der Waals surface area (Å²) in [5.74, 6) is 3.90. The average molecular weight is 365 g/mol. The maximum atomic E-state index is 2.33. The molecule has 0 saturated heterocycles. The van der Waals surface area contributed by atoms with E-state index in [4.69, 9.17) is 0 Å². The SMILES string of the molecule is c1ccc(SC23CC4(Sc5ccccc5)C5CC(CC2C5)CC34)cc1. The van der Waals surface area contributed by atoms with E-state index in [0.717, 1.165) is 23.7 Å². The first-order chi connectivity index (χ1) is 12.3. The molecular weight excluding hydrogens is 340 g/mol. The fourth-order valence-corrected chi connectivity index (χ4v) is 10.6. The summed E-state index contributed by atoms with van der Waals surface area (Å²) in [4.78, 5) is 2.99. The predicted octanol–water partition coefficient (Wildman–Crippen LogP) is 6.52. The minimum atomic E-state index is 0.538. The zero-order valence-corrected chi connectivity index (χ0v) is 16.1. The lowest BCUT2D eigenvalue weighted by Gasteiger charge is -2.78. The van der Waals surface area contributed by atoms with Crippen molar-refractivity contribution in [3.63, 3.8) is 0 Å². The Labute approximate surface area is 159 Å². The number of rotatable bonds is 4. The first-order valence-corrected chi connectivity index (χ1v) is 11.4. The van der Waals surface area contributed by atoms with Crippen LogP contribution >= 0.6 is 23.5 Å². The van der Waals surface area contributed by atoms with Crippen molar-refractivity contribution in [1.29, 1.82) is 0 Å². The van der Waals surface area contributed by atoms with Crippen molar-refractivity contribution in [3.8, 4) is 0 Å². The van der Waals surface area contributed by atoms with Crippen LogP contribution in [0.4, 0.5) is 0 Å². The molecule has 25 heavy (non-hydrogen) atoms. The van der Waals surface area contributed by atoms with Crippen LogP contribution in [-0.2, 0) is 0 Å². The van der Waals surface area contributed by atoms with E-state index < -0.39 is 0 Å². The lowest BCUT2D eigenvalue weighted by atomic mass is 9.37. The average Bonchev–Trinajstić information content (AvgIpc) is 2.64. The number of hydrogen-bond acceptors (Lipinski definition) is 2. The van der Waals surface area contributed by atoms with Crippen LogP contribution in [0.25, 0.3) is 0 Å². The Morgan fingerprint density at radius 1 is 0.640 bits per heavy atom. The topological polar surface area (TPSA) is 0 Å². The minimum absolute atomic E-state index is 0.538. The molecule has 6 fully saturated rings. The highest BCUT2D eigenvalue weighted by molar-refractivity contribution is 8.02. The molecule has 128 valence electrons. The first kappa shape index (κ1) is 15.2. The van der Waals surface area contributed by atoms with Crippen LogP contribution in [0.15, 0.2) is 70.5 Å². The third-order valence-electron chi connectivity index (χ3n) is 7.59. The fourth-order valence-electron chi connectivity index (χ4n) is 6.77. The molecule has 4 unspecified atom stereocenters. The monoisotopic (exact) mass is 364 g/mol. The van der Waals surface area contributed by atoms with Crippen LogP contribution in [-0.4, -0.2) is 9.49 Å². The highest BCUT2D eigenvalue weighted by atomic mass is 32.2. The molecule has 0 amide bonds. The van der Waals surface area contributed by atoms with Crippen LogP contribution in [0.2, 0.25) is 0 Å². The number of benzene rings is 2. The molecule has 0 aliphatic heterocycles. The summed E-state index contributed by atoms with van der Waals surface area (Å²) in [5.41, 5.74) is 0. The van der Waals surface area contributed by atoms with Gasteiger partial charge in [-0.25, -0.2) is 0 Å². The molecule has 0 spiro atoms. The number of thioether (sulfide) groups is 2. The van der Waals surface area contributed by atoms with Crippen molar-refractivity contribution < 1.29 is 0 Å². The van der Waals surface area contributed by atoms with E-state index in [0.29, 0.717) is 9.49 Å². The Hall–Kier alpha value is -0.860. The quantitative estimate of drug-likeness (QED) is 0.606. The summed E-state index contributed by atoms with van der Waals surface area (Å²) in [6.07, 6.45) is 7.45. The van der Waals surface area contributed by atoms with Gasteiger partial charge in [-0.15, -0.1) is 23.5 Å². The Morgan fingerprint density at radius 2 is 1.16 bits per heavy atom. The highest BCUT2D eigenvalue weighted by Crippen LogP contribution is 2.80. The van der Waals surface area contributed by atoms with Gasteiger partial charge in [-0.3, -0.25) is 0 Å². The molecular formula is C23H24S2. The smallest absolute Gasteiger partial charge is 0.0290 e. The molecule has 8 rings (SSSR count). The second kappa shape index (κ2) is 5.33. The van der Waals surface area contributed by atoms with Gasteiger partial charge in [-0.1, -0.05) is 36.4 Å². The molecule has 0 heterocycles. The summed E-state index contributed by atoms with van der Waals surface area (Å²) in [6, 6.07) is 22.4. The molecule has 6 aliphatic carbocycles. The van der Waals surface area contributed by atoms with Crippen molar-refractivity contribution in [2.24, 2.45) is 23.7 Å². The minimum Gasteiger partial charge on any atom is -0.119 e. The zero-order chi connectivity index (χ0) is 16.5. The van der Waals surface area contributed by atoms with Crippen molar-refractivity contribution in [1.82, 2.24) is 0 Å². The lowest BCUT2D eigenvalue weighted by molar-refractivity contribution is -0.126. The standard InChI is InChI=1S/C23H24S2/c1-3-7-19(8-4-1)24-22-15-23(25-20-9-5-2-6-10-20)18-12-16(13-21(22)23)11-17(22)14-18/h1-10,16-18,21H,11-15H2. The van der Waals surface area contributed by atoms with Gasteiger partial charge in [-0.05, 0) is 80.0 Å². The van der Waals surface area contributed by atoms with Gasteiger partial charge in [0.05, 0.1) is 0 Å². The van der Waals surface area contributed by atoms with Crippen molar-refractivity contribution in [3.05, 3.63) is 60.7 Å². The van der Waals surface area contributed by atoms with Crippen molar-refractivity contribution in [2.75, 3.05) is 0 Å². The molecule has 0 radical (unpaired) electrons. The van der Waals surface area contributed by atoms with E-state index in [9.17, 15) is 0 Å². The number of hydrogen-bond donors (Lipinski definition) is 0. The molecule has 4 atom stereocenters. The van der Waals surface area contributed by atoms with Gasteiger partial charge < -0.3 is 0 Å². The largest absolute Gasteiger partial charge is 0.119 e. The van der Waals surface area contributed by atoms with E-state index in [1.807, 2.05) is 0 Å². The maximum Gasteiger partial charge on any atom is 0.0290 e. The Bertz CT molecular complexity index is 725. The predicted molar refractivity (Wildman–Crippen MR) is 107 cm³/mol. The molecule has 2 aromatic carbocycles. The van der Waals surface area contributed by atoms with Crippen LogP contribution < -0.4 is 0 Å². The Balaban J connectivity index is 1.36. The van der Waals surface area contributed by atoms with Crippen molar-refractivity contribution >= 4 is 23.5 Å². The van der Waals surface area contributed by atoms with Crippen molar-refractivity contribution in [2.45, 2.75) is 51.4 Å².